The van der Waals surface area contributed by atoms with Crippen molar-refractivity contribution in [2.45, 2.75) is 62.1 Å². The van der Waals surface area contributed by atoms with Gasteiger partial charge in [-0.15, -0.1) is 0 Å². The molecule has 0 aromatic carbocycles. The minimum Gasteiger partial charge on any atom is -0.377 e. The number of hydrogen-bond acceptors (Lipinski definition) is 9. The number of hydrogen-bond donors (Lipinski definition) is 0. The summed E-state index contributed by atoms with van der Waals surface area (Å²) in [6.07, 6.45) is 3.06. The Kier molecular flexibility index (Phi) is 16.5. The smallest absolute Gasteiger partial charge is 0.377 e. The summed E-state index contributed by atoms with van der Waals surface area (Å²) in [5.41, 5.74) is 0. The molecule has 32 heavy (non-hydrogen) atoms. The first kappa shape index (κ1) is 32.5. The molecule has 0 heterocycles. The predicted octanol–water partition coefficient (Wildman–Crippen LogP) is 3.87. The molecule has 0 aliphatic rings. The zero-order valence-corrected chi connectivity index (χ0v) is 26.0. The topological polar surface area (TPSA) is 83.1 Å². The molecule has 0 bridgehead atoms. The van der Waals surface area contributed by atoms with Gasteiger partial charge in [0.1, 0.15) is 0 Å². The maximum Gasteiger partial charge on any atom is 0.500 e. The predicted molar refractivity (Wildman–Crippen MR) is 135 cm³/mol. The van der Waals surface area contributed by atoms with E-state index >= 15 is 0 Å². The first-order valence-electron chi connectivity index (χ1n) is 11.1. The molecule has 0 unspecified atom stereocenters. The second-order valence-corrected chi connectivity index (χ2v) is 22.7. The van der Waals surface area contributed by atoms with Crippen LogP contribution in [0.15, 0.2) is 0 Å². The summed E-state index contributed by atoms with van der Waals surface area (Å²) >= 11 is 0. The fourth-order valence-corrected chi connectivity index (χ4v) is 14.3. The molecule has 0 aliphatic carbocycles. The van der Waals surface area contributed by atoms with Gasteiger partial charge >= 0.3 is 26.4 Å². The van der Waals surface area contributed by atoms with Crippen LogP contribution in [0.5, 0.6) is 0 Å². The minimum absolute atomic E-state index is 0.818. The highest BCUT2D eigenvalue weighted by atomic mass is 28.4. The molecule has 0 fully saturated rings. The lowest BCUT2D eigenvalue weighted by molar-refractivity contribution is 0.123. The van der Waals surface area contributed by atoms with E-state index in [1.54, 1.807) is 64.0 Å². The van der Waals surface area contributed by atoms with Crippen LogP contribution in [0.25, 0.3) is 0 Å². The summed E-state index contributed by atoms with van der Waals surface area (Å²) < 4.78 is 50.5. The highest BCUT2D eigenvalue weighted by Crippen LogP contribution is 2.33. The van der Waals surface area contributed by atoms with Crippen molar-refractivity contribution in [1.29, 1.82) is 0 Å². The van der Waals surface area contributed by atoms with Crippen LogP contribution in [-0.4, -0.2) is 98.5 Å². The minimum atomic E-state index is -2.56. The summed E-state index contributed by atoms with van der Waals surface area (Å²) in [6.45, 7) is 2.48. The third-order valence-electron chi connectivity index (χ3n) is 6.59. The van der Waals surface area contributed by atoms with Crippen molar-refractivity contribution in [1.82, 2.24) is 0 Å². The maximum atomic E-state index is 5.61. The molecule has 0 N–H and O–H groups in total. The highest BCUT2D eigenvalue weighted by Gasteiger charge is 2.41. The normalized spacial score (nSPS) is 13.7. The van der Waals surface area contributed by atoms with Crippen molar-refractivity contribution in [2.24, 2.45) is 0 Å². The summed E-state index contributed by atoms with van der Waals surface area (Å²) in [4.78, 5) is 0. The van der Waals surface area contributed by atoms with Crippen molar-refractivity contribution < 1.29 is 39.8 Å². The summed E-state index contributed by atoms with van der Waals surface area (Å²) in [6, 6.07) is 5.96. The largest absolute Gasteiger partial charge is 0.500 e. The molecule has 0 atom stereocenters. The van der Waals surface area contributed by atoms with Crippen molar-refractivity contribution in [2.75, 3.05) is 64.0 Å². The highest BCUT2D eigenvalue weighted by molar-refractivity contribution is 6.79. The van der Waals surface area contributed by atoms with Crippen molar-refractivity contribution in [3.05, 3.63) is 0 Å². The van der Waals surface area contributed by atoms with E-state index in [1.165, 1.54) is 18.1 Å². The van der Waals surface area contributed by atoms with Crippen molar-refractivity contribution in [3.8, 4) is 0 Å². The van der Waals surface area contributed by atoms with Crippen LogP contribution >= 0.6 is 0 Å². The van der Waals surface area contributed by atoms with Crippen LogP contribution in [0.1, 0.15) is 19.3 Å². The summed E-state index contributed by atoms with van der Waals surface area (Å²) in [5.74, 6) is 0. The Balaban J connectivity index is 5.18. The molecule has 194 valence electrons. The lowest BCUT2D eigenvalue weighted by Gasteiger charge is -2.32. The zero-order valence-electron chi connectivity index (χ0n) is 22.0. The molecule has 0 amide bonds. The molecule has 13 heteroatoms. The standard InChI is InChI=1S/C19H48O9Si4/c1-20-30(21-2,22-3)17-11-14-29(10,15-12-18-31(23-4,24-5)25-6)16-13-19-32(26-7,27-8)28-9/h11-19H2,1-10H3. The van der Waals surface area contributed by atoms with Gasteiger partial charge in [-0.1, -0.05) is 43.9 Å². The van der Waals surface area contributed by atoms with E-state index in [2.05, 4.69) is 6.55 Å². The summed E-state index contributed by atoms with van der Waals surface area (Å²) in [7, 11) is 5.77. The van der Waals surface area contributed by atoms with Gasteiger partial charge in [-0.2, -0.15) is 0 Å². The van der Waals surface area contributed by atoms with Gasteiger partial charge in [0.2, 0.25) is 0 Å². The first-order chi connectivity index (χ1) is 15.2. The van der Waals surface area contributed by atoms with Gasteiger partial charge in [-0.25, -0.2) is 0 Å². The van der Waals surface area contributed by atoms with E-state index in [9.17, 15) is 0 Å². The van der Waals surface area contributed by atoms with Crippen molar-refractivity contribution in [3.63, 3.8) is 0 Å². The SMILES string of the molecule is CO[Si](CCC[Si](C)(CCC[Si](OC)(OC)OC)CCC[Si](OC)(OC)OC)(OC)OC. The van der Waals surface area contributed by atoms with E-state index in [1.807, 2.05) is 0 Å². The van der Waals surface area contributed by atoms with Gasteiger partial charge < -0.3 is 39.8 Å². The Morgan fingerprint density at radius 2 is 0.531 bits per heavy atom. The van der Waals surface area contributed by atoms with Gasteiger partial charge in [0, 0.05) is 82.1 Å². The molecule has 0 spiro atoms. The molecular weight excluding hydrogens is 485 g/mol. The Hall–Kier alpha value is 0.508. The average molecular weight is 533 g/mol. The van der Waals surface area contributed by atoms with Crippen LogP contribution in [-0.2, 0) is 39.8 Å². The van der Waals surface area contributed by atoms with E-state index in [0.29, 0.717) is 0 Å². The van der Waals surface area contributed by atoms with Gasteiger partial charge in [0.15, 0.2) is 0 Å². The van der Waals surface area contributed by atoms with Crippen LogP contribution in [0.4, 0.5) is 0 Å². The fourth-order valence-electron chi connectivity index (χ4n) is 4.24. The molecule has 0 saturated heterocycles. The van der Waals surface area contributed by atoms with Crippen LogP contribution in [0, 0.1) is 0 Å². The lowest BCUT2D eigenvalue weighted by atomic mass is 10.5. The van der Waals surface area contributed by atoms with Gasteiger partial charge in [0.25, 0.3) is 0 Å². The Morgan fingerprint density at radius 1 is 0.344 bits per heavy atom. The molecule has 0 aliphatic heterocycles. The molecule has 0 aromatic rings. The second-order valence-electron chi connectivity index (χ2n) is 8.26. The molecule has 0 radical (unpaired) electrons. The third-order valence-corrected chi connectivity index (χ3v) is 19.8. The molecule has 0 saturated carbocycles. The van der Waals surface area contributed by atoms with Crippen LogP contribution < -0.4 is 0 Å². The van der Waals surface area contributed by atoms with E-state index in [0.717, 1.165) is 37.4 Å². The summed E-state index contributed by atoms with van der Waals surface area (Å²) in [5, 5.41) is 0. The fraction of sp³-hybridized carbons (Fsp3) is 1.00. The molecule has 0 aromatic heterocycles. The Labute approximate surface area is 200 Å². The monoisotopic (exact) mass is 532 g/mol. The van der Waals surface area contributed by atoms with E-state index in [-0.39, 0.29) is 0 Å². The average Bonchev–Trinajstić information content (AvgIpc) is 2.83. The Morgan fingerprint density at radius 3 is 0.688 bits per heavy atom. The first-order valence-corrected chi connectivity index (χ1v) is 20.0. The van der Waals surface area contributed by atoms with Gasteiger partial charge in [0.05, 0.1) is 8.07 Å². The zero-order chi connectivity index (χ0) is 24.7. The molecule has 0 rings (SSSR count). The van der Waals surface area contributed by atoms with Crippen molar-refractivity contribution >= 4 is 34.5 Å². The van der Waals surface area contributed by atoms with Crippen LogP contribution in [0.2, 0.25) is 42.8 Å². The maximum absolute atomic E-state index is 5.61. The van der Waals surface area contributed by atoms with Gasteiger partial charge in [-0.3, -0.25) is 0 Å². The molecule has 9 nitrogen and oxygen atoms in total. The number of rotatable bonds is 21. The quantitative estimate of drug-likeness (QED) is 0.205. The third kappa shape index (κ3) is 10.0. The van der Waals surface area contributed by atoms with Crippen LogP contribution in [0.3, 0.4) is 0 Å². The Bertz CT molecular complexity index is 386. The second kappa shape index (κ2) is 16.2. The van der Waals surface area contributed by atoms with E-state index in [4.69, 9.17) is 39.8 Å². The lowest BCUT2D eigenvalue weighted by Crippen LogP contribution is -2.44. The van der Waals surface area contributed by atoms with Gasteiger partial charge in [-0.05, 0) is 0 Å². The van der Waals surface area contributed by atoms with E-state index < -0.39 is 34.5 Å². The molecular formula is C19H48O9Si4.